The van der Waals surface area contributed by atoms with E-state index >= 15 is 0 Å². The van der Waals surface area contributed by atoms with Crippen LogP contribution >= 0.6 is 11.3 Å². The van der Waals surface area contributed by atoms with Crippen molar-refractivity contribution in [2.24, 2.45) is 5.92 Å². The van der Waals surface area contributed by atoms with Crippen LogP contribution in [0.25, 0.3) is 0 Å². The van der Waals surface area contributed by atoms with Gasteiger partial charge in [-0.15, -0.1) is 0 Å². The maximum absolute atomic E-state index is 14.4. The summed E-state index contributed by atoms with van der Waals surface area (Å²) in [6, 6.07) is 4.40. The van der Waals surface area contributed by atoms with Gasteiger partial charge in [0.15, 0.2) is 5.13 Å². The van der Waals surface area contributed by atoms with E-state index in [9.17, 15) is 18.8 Å². The van der Waals surface area contributed by atoms with Gasteiger partial charge in [-0.2, -0.15) is 5.26 Å². The highest BCUT2D eigenvalue weighted by molar-refractivity contribution is 7.17. The zero-order valence-electron chi connectivity index (χ0n) is 18.6. The molecule has 3 rings (SSSR count). The number of aromatic nitrogens is 1. The summed E-state index contributed by atoms with van der Waals surface area (Å²) in [5, 5.41) is 16.8. The van der Waals surface area contributed by atoms with Gasteiger partial charge in [-0.05, 0) is 58.2 Å². The highest BCUT2D eigenvalue weighted by Crippen LogP contribution is 2.28. The first kappa shape index (κ1) is 24.1. The predicted molar refractivity (Wildman–Crippen MR) is 121 cm³/mol. The maximum atomic E-state index is 14.4. The van der Waals surface area contributed by atoms with Gasteiger partial charge in [0.2, 0.25) is 0 Å². The average Bonchev–Trinajstić information content (AvgIpc) is 3.13. The van der Waals surface area contributed by atoms with E-state index < -0.39 is 29.3 Å². The Bertz CT molecular complexity index is 1130. The highest BCUT2D eigenvalue weighted by Gasteiger charge is 2.31. The Morgan fingerprint density at radius 3 is 2.55 bits per heavy atom. The number of carbonyl (C=O) groups is 3. The Morgan fingerprint density at radius 2 is 1.91 bits per heavy atom. The van der Waals surface area contributed by atoms with Crippen LogP contribution in [0.4, 0.5) is 20.0 Å². The second kappa shape index (κ2) is 9.54. The monoisotopic (exact) mass is 473 g/mol. The molecule has 0 atom stereocenters. The molecule has 0 spiro atoms. The minimum Gasteiger partial charge on any atom is -0.444 e. The van der Waals surface area contributed by atoms with Crippen molar-refractivity contribution in [3.8, 4) is 6.07 Å². The Balaban J connectivity index is 1.67. The molecule has 0 aliphatic heterocycles. The zero-order chi connectivity index (χ0) is 24.3. The fraction of sp³-hybridized carbons (Fsp3) is 0.409. The summed E-state index contributed by atoms with van der Waals surface area (Å²) in [5.41, 5.74) is -0.179. The van der Waals surface area contributed by atoms with Crippen molar-refractivity contribution in [2.45, 2.75) is 52.2 Å². The van der Waals surface area contributed by atoms with Crippen molar-refractivity contribution in [3.63, 3.8) is 0 Å². The van der Waals surface area contributed by atoms with E-state index in [0.717, 1.165) is 11.3 Å². The molecule has 1 aliphatic carbocycles. The summed E-state index contributed by atoms with van der Waals surface area (Å²) in [4.78, 5) is 41.2. The summed E-state index contributed by atoms with van der Waals surface area (Å²) in [7, 11) is 0. The minimum absolute atomic E-state index is 0.0953. The number of halogens is 1. The van der Waals surface area contributed by atoms with Gasteiger partial charge in [0.25, 0.3) is 11.8 Å². The van der Waals surface area contributed by atoms with Gasteiger partial charge in [-0.1, -0.05) is 11.3 Å². The SMILES string of the molecule is Cc1cc(F)c(C(=O)NC2CC(C#N)C2)cc1NC(=O)c1cnc(NC(=O)OC(C)(C)C)s1. The number of hydrogen-bond donors (Lipinski definition) is 3. The summed E-state index contributed by atoms with van der Waals surface area (Å²) >= 11 is 0.941. The Kier molecular flexibility index (Phi) is 6.98. The molecule has 1 heterocycles. The summed E-state index contributed by atoms with van der Waals surface area (Å²) in [6.07, 6.45) is 1.66. The molecule has 174 valence electrons. The Labute approximate surface area is 194 Å². The van der Waals surface area contributed by atoms with Crippen molar-refractivity contribution in [2.75, 3.05) is 10.6 Å². The van der Waals surface area contributed by atoms with Crippen LogP contribution in [-0.2, 0) is 4.74 Å². The van der Waals surface area contributed by atoms with Gasteiger partial charge in [-0.3, -0.25) is 14.9 Å². The quantitative estimate of drug-likeness (QED) is 0.595. The van der Waals surface area contributed by atoms with Crippen LogP contribution in [0.3, 0.4) is 0 Å². The molecule has 0 radical (unpaired) electrons. The van der Waals surface area contributed by atoms with E-state index in [1.807, 2.05) is 0 Å². The number of anilines is 2. The maximum Gasteiger partial charge on any atom is 0.413 e. The Morgan fingerprint density at radius 1 is 1.21 bits per heavy atom. The van der Waals surface area contributed by atoms with Crippen molar-refractivity contribution in [3.05, 3.63) is 40.2 Å². The Hall–Kier alpha value is -3.52. The lowest BCUT2D eigenvalue weighted by Gasteiger charge is -2.31. The van der Waals surface area contributed by atoms with Crippen LogP contribution < -0.4 is 16.0 Å². The van der Waals surface area contributed by atoms with Gasteiger partial charge in [0.1, 0.15) is 16.3 Å². The average molecular weight is 474 g/mol. The van der Waals surface area contributed by atoms with Gasteiger partial charge >= 0.3 is 6.09 Å². The van der Waals surface area contributed by atoms with Crippen molar-refractivity contribution < 1.29 is 23.5 Å². The fourth-order valence-corrected chi connectivity index (χ4v) is 3.79. The lowest BCUT2D eigenvalue weighted by atomic mass is 9.81. The normalized spacial score (nSPS) is 17.3. The topological polar surface area (TPSA) is 133 Å². The molecule has 33 heavy (non-hydrogen) atoms. The number of amides is 3. The number of ether oxygens (including phenoxy) is 1. The molecule has 0 unspecified atom stereocenters. The number of rotatable bonds is 5. The molecule has 1 saturated carbocycles. The fourth-order valence-electron chi connectivity index (χ4n) is 3.10. The molecule has 3 N–H and O–H groups in total. The molecular weight excluding hydrogens is 449 g/mol. The van der Waals surface area contributed by atoms with E-state index in [0.29, 0.717) is 18.4 Å². The summed E-state index contributed by atoms with van der Waals surface area (Å²) < 4.78 is 19.6. The van der Waals surface area contributed by atoms with Gasteiger partial charge in [0, 0.05) is 11.7 Å². The molecule has 0 saturated heterocycles. The molecule has 1 aromatic heterocycles. The molecule has 1 aliphatic rings. The smallest absolute Gasteiger partial charge is 0.413 e. The standard InChI is InChI=1S/C22H24FN5O4S/c1-11-5-15(23)14(18(29)26-13-6-12(7-13)9-24)8-16(11)27-19(30)17-10-25-20(33-17)28-21(31)32-22(2,3)4/h5,8,10,12-13H,6-7H2,1-4H3,(H,26,29)(H,27,30)(H,25,28,31). The van der Waals surface area contributed by atoms with E-state index in [-0.39, 0.29) is 33.2 Å². The number of thiazole rings is 1. The molecule has 1 fully saturated rings. The number of carbonyl (C=O) groups excluding carboxylic acids is 3. The summed E-state index contributed by atoms with van der Waals surface area (Å²) in [6.45, 7) is 6.78. The first-order valence-electron chi connectivity index (χ1n) is 10.2. The van der Waals surface area contributed by atoms with E-state index in [1.165, 1.54) is 18.3 Å². The molecule has 11 heteroatoms. The number of benzene rings is 1. The first-order valence-corrected chi connectivity index (χ1v) is 11.0. The van der Waals surface area contributed by atoms with Crippen LogP contribution in [0.15, 0.2) is 18.3 Å². The van der Waals surface area contributed by atoms with Crippen molar-refractivity contribution in [1.82, 2.24) is 10.3 Å². The number of nitrogens with one attached hydrogen (secondary N) is 3. The summed E-state index contributed by atoms with van der Waals surface area (Å²) in [5.74, 6) is -1.93. The van der Waals surface area contributed by atoms with Crippen LogP contribution in [0.1, 0.15) is 59.2 Å². The molecule has 9 nitrogen and oxygen atoms in total. The van der Waals surface area contributed by atoms with Gasteiger partial charge < -0.3 is 15.4 Å². The molecule has 3 amide bonds. The zero-order valence-corrected chi connectivity index (χ0v) is 19.4. The lowest BCUT2D eigenvalue weighted by molar-refractivity contribution is 0.0635. The molecule has 2 aromatic rings. The molecule has 0 bridgehead atoms. The van der Waals surface area contributed by atoms with Crippen LogP contribution in [0, 0.1) is 30.0 Å². The largest absolute Gasteiger partial charge is 0.444 e. The number of aryl methyl sites for hydroxylation is 1. The highest BCUT2D eigenvalue weighted by atomic mass is 32.1. The van der Waals surface area contributed by atoms with Gasteiger partial charge in [0.05, 0.1) is 23.7 Å². The second-order valence-corrected chi connectivity index (χ2v) is 9.76. The lowest BCUT2D eigenvalue weighted by Crippen LogP contribution is -2.44. The predicted octanol–water partition coefficient (Wildman–Crippen LogP) is 4.22. The second-order valence-electron chi connectivity index (χ2n) is 8.73. The van der Waals surface area contributed by atoms with Crippen LogP contribution in [0.2, 0.25) is 0 Å². The third kappa shape index (κ3) is 6.26. The molecular formula is C22H24FN5O4S. The third-order valence-corrected chi connectivity index (χ3v) is 5.71. The van der Waals surface area contributed by atoms with E-state index in [2.05, 4.69) is 27.0 Å². The first-order chi connectivity index (χ1) is 15.4. The van der Waals surface area contributed by atoms with Gasteiger partial charge in [-0.25, -0.2) is 14.2 Å². The van der Waals surface area contributed by atoms with Crippen LogP contribution in [-0.4, -0.2) is 34.5 Å². The molecule has 1 aromatic carbocycles. The van der Waals surface area contributed by atoms with Crippen molar-refractivity contribution in [1.29, 1.82) is 5.26 Å². The minimum atomic E-state index is -0.708. The number of nitrogens with zero attached hydrogens (tertiary/aromatic N) is 2. The third-order valence-electron chi connectivity index (χ3n) is 4.80. The number of nitriles is 1. The van der Waals surface area contributed by atoms with E-state index in [4.69, 9.17) is 10.00 Å². The van der Waals surface area contributed by atoms with E-state index in [1.54, 1.807) is 27.7 Å². The van der Waals surface area contributed by atoms with Crippen molar-refractivity contribution >= 4 is 40.1 Å². The van der Waals surface area contributed by atoms with Crippen LogP contribution in [0.5, 0.6) is 0 Å². The number of hydrogen-bond acceptors (Lipinski definition) is 7.